The number of hydrogen-bond donors (Lipinski definition) is 0. The molecule has 5 atom stereocenters. The Morgan fingerprint density at radius 3 is 2.04 bits per heavy atom. The van der Waals surface area contributed by atoms with Crippen molar-refractivity contribution in [2.75, 3.05) is 0 Å². The van der Waals surface area contributed by atoms with E-state index in [0.717, 1.165) is 12.0 Å². The average Bonchev–Trinajstić information content (AvgIpc) is 3.04. The van der Waals surface area contributed by atoms with Crippen molar-refractivity contribution >= 4 is 17.9 Å². The van der Waals surface area contributed by atoms with Gasteiger partial charge < -0.3 is 14.2 Å². The van der Waals surface area contributed by atoms with E-state index in [-0.39, 0.29) is 5.41 Å². The minimum absolute atomic E-state index is 0.139. The van der Waals surface area contributed by atoms with Gasteiger partial charge >= 0.3 is 17.9 Å². The summed E-state index contributed by atoms with van der Waals surface area (Å²) in [5, 5.41) is 0. The van der Waals surface area contributed by atoms with Gasteiger partial charge in [0.2, 0.25) is 0 Å². The number of carbonyl (C=O) groups excluding carboxylic acids is 3. The third-order valence-electron chi connectivity index (χ3n) is 5.69. The molecule has 0 spiro atoms. The van der Waals surface area contributed by atoms with Crippen molar-refractivity contribution in [3.05, 3.63) is 23.8 Å². The Morgan fingerprint density at radius 2 is 1.52 bits per heavy atom. The second-order valence-electron chi connectivity index (χ2n) is 8.20. The van der Waals surface area contributed by atoms with Crippen molar-refractivity contribution in [2.45, 2.75) is 72.7 Å². The number of allylic oxidation sites excluding steroid dienone is 1. The molecule has 1 saturated carbocycles. The van der Waals surface area contributed by atoms with Crippen LogP contribution in [0.5, 0.6) is 0 Å². The van der Waals surface area contributed by atoms with E-state index in [9.17, 15) is 14.4 Å². The maximum absolute atomic E-state index is 11.8. The van der Waals surface area contributed by atoms with Crippen LogP contribution in [0, 0.1) is 17.3 Å². The van der Waals surface area contributed by atoms with Gasteiger partial charge in [0.05, 0.1) is 0 Å². The molecule has 6 nitrogen and oxygen atoms in total. The lowest BCUT2D eigenvalue weighted by Gasteiger charge is -2.34. The van der Waals surface area contributed by atoms with Crippen molar-refractivity contribution in [2.24, 2.45) is 17.3 Å². The highest BCUT2D eigenvalue weighted by Crippen LogP contribution is 2.62. The fourth-order valence-electron chi connectivity index (χ4n) is 4.16. The molecule has 0 aromatic rings. The molecule has 0 aromatic carbocycles. The fraction of sp³-hybridized carbons (Fsp3) is 0.667. The summed E-state index contributed by atoms with van der Waals surface area (Å²) in [6.45, 7) is 14.2. The molecule has 0 bridgehead atoms. The van der Waals surface area contributed by atoms with Gasteiger partial charge in [-0.15, -0.1) is 0 Å². The Morgan fingerprint density at radius 1 is 1.00 bits per heavy atom. The Bertz CT molecular complexity index is 674. The summed E-state index contributed by atoms with van der Waals surface area (Å²) in [4.78, 5) is 35.2. The van der Waals surface area contributed by atoms with Crippen molar-refractivity contribution in [1.82, 2.24) is 0 Å². The van der Waals surface area contributed by atoms with Crippen LogP contribution in [0.1, 0.15) is 54.4 Å². The number of esters is 3. The van der Waals surface area contributed by atoms with Crippen LogP contribution >= 0.6 is 0 Å². The molecule has 6 heteroatoms. The van der Waals surface area contributed by atoms with Gasteiger partial charge in [-0.1, -0.05) is 26.5 Å². The largest absolute Gasteiger partial charge is 0.454 e. The number of hydrogen-bond acceptors (Lipinski definition) is 6. The van der Waals surface area contributed by atoms with E-state index in [4.69, 9.17) is 14.2 Å². The van der Waals surface area contributed by atoms with E-state index >= 15 is 0 Å². The van der Waals surface area contributed by atoms with Gasteiger partial charge in [0, 0.05) is 20.8 Å². The van der Waals surface area contributed by atoms with E-state index in [2.05, 4.69) is 26.5 Å². The van der Waals surface area contributed by atoms with E-state index in [1.807, 2.05) is 6.92 Å². The summed E-state index contributed by atoms with van der Waals surface area (Å²) in [6.07, 6.45) is 0.953. The molecule has 0 unspecified atom stereocenters. The smallest absolute Gasteiger partial charge is 0.303 e. The maximum Gasteiger partial charge on any atom is 0.303 e. The third-order valence-corrected chi connectivity index (χ3v) is 5.69. The molecule has 0 saturated heterocycles. The van der Waals surface area contributed by atoms with Crippen LogP contribution in [0.4, 0.5) is 0 Å². The van der Waals surface area contributed by atoms with Gasteiger partial charge in [0.25, 0.3) is 0 Å². The first kappa shape index (κ1) is 21.2. The first-order valence-electron chi connectivity index (χ1n) is 9.32. The predicted molar refractivity (Wildman–Crippen MR) is 99.6 cm³/mol. The fourth-order valence-corrected chi connectivity index (χ4v) is 4.16. The Kier molecular flexibility index (Phi) is 6.17. The predicted octanol–water partition coefficient (Wildman–Crippen LogP) is 3.35. The van der Waals surface area contributed by atoms with Crippen LogP contribution in [-0.4, -0.2) is 36.2 Å². The van der Waals surface area contributed by atoms with E-state index in [0.29, 0.717) is 23.8 Å². The molecule has 0 aromatic heterocycles. The zero-order valence-corrected chi connectivity index (χ0v) is 17.0. The average molecular weight is 378 g/mol. The second-order valence-corrected chi connectivity index (χ2v) is 8.20. The maximum atomic E-state index is 11.8. The molecule has 0 amide bonds. The molecule has 150 valence electrons. The topological polar surface area (TPSA) is 78.9 Å². The van der Waals surface area contributed by atoms with E-state index in [1.54, 1.807) is 0 Å². The molecule has 0 heterocycles. The molecular weight excluding hydrogens is 348 g/mol. The van der Waals surface area contributed by atoms with Gasteiger partial charge in [-0.2, -0.15) is 0 Å². The van der Waals surface area contributed by atoms with Gasteiger partial charge in [-0.25, -0.2) is 0 Å². The molecule has 0 aliphatic heterocycles. The van der Waals surface area contributed by atoms with Crippen molar-refractivity contribution in [1.29, 1.82) is 0 Å². The number of rotatable bonds is 3. The lowest BCUT2D eigenvalue weighted by molar-refractivity contribution is -0.176. The number of ether oxygens (including phenoxy) is 3. The van der Waals surface area contributed by atoms with Crippen LogP contribution in [0.2, 0.25) is 0 Å². The molecule has 1 fully saturated rings. The first-order chi connectivity index (χ1) is 12.4. The lowest BCUT2D eigenvalue weighted by Crippen LogP contribution is -2.46. The van der Waals surface area contributed by atoms with E-state index in [1.165, 1.54) is 20.8 Å². The molecule has 2 rings (SSSR count). The summed E-state index contributed by atoms with van der Waals surface area (Å²) < 4.78 is 16.5. The standard InChI is InChI=1S/C21H30O6/c1-11-8-9-16-17(21(16,6)7)10-12(2)19(26-14(4)23)20(27-15(5)24)18(11)25-13(3)22/h10,16-20H,1,8-9H2,2-7H3/b12-10+/t16-,17+,18+,19-,20+/m0/s1. The van der Waals surface area contributed by atoms with Crippen LogP contribution in [0.25, 0.3) is 0 Å². The number of carbonyl (C=O) groups is 3. The zero-order valence-electron chi connectivity index (χ0n) is 17.0. The Labute approximate surface area is 160 Å². The minimum Gasteiger partial charge on any atom is -0.454 e. The Balaban J connectivity index is 2.52. The molecule has 2 aliphatic rings. The molecule has 0 N–H and O–H groups in total. The molecule has 27 heavy (non-hydrogen) atoms. The van der Waals surface area contributed by atoms with Crippen LogP contribution in [-0.2, 0) is 28.6 Å². The minimum atomic E-state index is -0.975. The summed E-state index contributed by atoms with van der Waals surface area (Å²) in [5.41, 5.74) is 1.58. The van der Waals surface area contributed by atoms with Gasteiger partial charge in [-0.3, -0.25) is 14.4 Å². The highest BCUT2D eigenvalue weighted by atomic mass is 16.6. The molecule has 2 aliphatic carbocycles. The Hall–Kier alpha value is -2.11. The SMILES string of the molecule is C=C1CC[C@H]2[C@@H](/C=C(\C)[C@H](OC(C)=O)[C@H](OC(C)=O)[C@@H]1OC(C)=O)C2(C)C. The summed E-state index contributed by atoms with van der Waals surface area (Å²) >= 11 is 0. The lowest BCUT2D eigenvalue weighted by atomic mass is 9.91. The number of fused-ring (bicyclic) bond motifs is 1. The van der Waals surface area contributed by atoms with Crippen molar-refractivity contribution < 1.29 is 28.6 Å². The van der Waals surface area contributed by atoms with Crippen molar-refractivity contribution in [3.63, 3.8) is 0 Å². The van der Waals surface area contributed by atoms with E-state index < -0.39 is 36.2 Å². The third kappa shape index (κ3) is 4.79. The highest BCUT2D eigenvalue weighted by Gasteiger charge is 2.56. The van der Waals surface area contributed by atoms with Crippen LogP contribution in [0.15, 0.2) is 23.8 Å². The highest BCUT2D eigenvalue weighted by molar-refractivity contribution is 5.69. The first-order valence-corrected chi connectivity index (χ1v) is 9.32. The van der Waals surface area contributed by atoms with Crippen molar-refractivity contribution in [3.8, 4) is 0 Å². The molecular formula is C21H30O6. The monoisotopic (exact) mass is 378 g/mol. The van der Waals surface area contributed by atoms with Gasteiger partial charge in [0.15, 0.2) is 18.3 Å². The molecule has 0 radical (unpaired) electrons. The normalized spacial score (nSPS) is 34.4. The quantitative estimate of drug-likeness (QED) is 0.426. The summed E-state index contributed by atoms with van der Waals surface area (Å²) in [7, 11) is 0. The zero-order chi connectivity index (χ0) is 20.5. The van der Waals surface area contributed by atoms with Crippen LogP contribution < -0.4 is 0 Å². The second kappa shape index (κ2) is 7.87. The van der Waals surface area contributed by atoms with Gasteiger partial charge in [-0.05, 0) is 48.2 Å². The van der Waals surface area contributed by atoms with Gasteiger partial charge in [0.1, 0.15) is 0 Å². The van der Waals surface area contributed by atoms with Crippen LogP contribution in [0.3, 0.4) is 0 Å². The summed E-state index contributed by atoms with van der Waals surface area (Å²) in [6, 6.07) is 0. The summed E-state index contributed by atoms with van der Waals surface area (Å²) in [5.74, 6) is -0.724.